The molecule has 0 fully saturated rings. The van der Waals surface area contributed by atoms with Crippen molar-refractivity contribution in [3.05, 3.63) is 77.5 Å². The van der Waals surface area contributed by atoms with E-state index in [4.69, 9.17) is 4.42 Å². The van der Waals surface area contributed by atoms with Crippen molar-refractivity contribution >= 4 is 34.5 Å². The molecule has 28 heavy (non-hydrogen) atoms. The van der Waals surface area contributed by atoms with Gasteiger partial charge in [0.05, 0.1) is 5.69 Å². The number of rotatable bonds is 5. The van der Waals surface area contributed by atoms with Gasteiger partial charge < -0.3 is 14.3 Å². The monoisotopic (exact) mass is 594 g/mol. The number of para-hydroxylation sites is 1. The van der Waals surface area contributed by atoms with Crippen LogP contribution in [0.15, 0.2) is 58.6 Å². The second kappa shape index (κ2) is 9.46. The fourth-order valence-electron chi connectivity index (χ4n) is 3.39. The van der Waals surface area contributed by atoms with E-state index < -0.39 is 0 Å². The number of benzene rings is 2. The molecule has 0 unspecified atom stereocenters. The molecule has 0 saturated heterocycles. The quantitative estimate of drug-likeness (QED) is 0.241. The smallest absolute Gasteiger partial charge is 0.598 e. The molecular formula is C24H24N2OU. The minimum atomic E-state index is 0. The zero-order valence-electron chi connectivity index (χ0n) is 17.1. The first-order valence-electron chi connectivity index (χ1n) is 8.98. The summed E-state index contributed by atoms with van der Waals surface area (Å²) >= 11 is 0. The topological polar surface area (TPSA) is 28.7 Å². The first-order valence-corrected chi connectivity index (χ1v) is 8.98. The summed E-state index contributed by atoms with van der Waals surface area (Å²) in [5.41, 5.74) is 7.16. The molecule has 0 aliphatic carbocycles. The number of furan rings is 1. The van der Waals surface area contributed by atoms with Gasteiger partial charge in [-0.1, -0.05) is 36.4 Å². The van der Waals surface area contributed by atoms with E-state index in [1.54, 1.807) is 6.92 Å². The van der Waals surface area contributed by atoms with Gasteiger partial charge in [0, 0.05) is 17.5 Å². The molecule has 0 bridgehead atoms. The first kappa shape index (κ1) is 22.3. The molecule has 3 rings (SSSR count). The number of aryl methyl sites for hydroxylation is 3. The molecule has 0 amide bonds. The summed E-state index contributed by atoms with van der Waals surface area (Å²) in [6, 6.07) is 13.5. The van der Waals surface area contributed by atoms with Crippen molar-refractivity contribution in [2.75, 3.05) is 4.90 Å². The van der Waals surface area contributed by atoms with Gasteiger partial charge in [0.15, 0.2) is 0 Å². The van der Waals surface area contributed by atoms with Crippen molar-refractivity contribution in [1.82, 2.24) is 0 Å². The first-order chi connectivity index (χ1) is 13.0. The second-order valence-corrected chi connectivity index (χ2v) is 6.54. The summed E-state index contributed by atoms with van der Waals surface area (Å²) in [6.45, 7) is 14.5. The molecule has 0 spiro atoms. The molecule has 0 atom stereocenters. The van der Waals surface area contributed by atoms with E-state index in [1.807, 2.05) is 25.3 Å². The van der Waals surface area contributed by atoms with E-state index in [2.05, 4.69) is 73.8 Å². The Hall–Kier alpha value is -2.02. The van der Waals surface area contributed by atoms with Crippen molar-refractivity contribution in [2.45, 2.75) is 34.6 Å². The van der Waals surface area contributed by atoms with E-state index in [0.29, 0.717) is 5.88 Å². The van der Waals surface area contributed by atoms with Crippen LogP contribution in [0, 0.1) is 58.0 Å². The zero-order chi connectivity index (χ0) is 19.6. The van der Waals surface area contributed by atoms with E-state index in [-0.39, 0.29) is 31.1 Å². The number of hydrogen-bond donors (Lipinski definition) is 0. The summed E-state index contributed by atoms with van der Waals surface area (Å²) in [4.78, 5) is 6.24. The molecule has 1 heterocycles. The Balaban J connectivity index is 0.00000280. The minimum absolute atomic E-state index is 0. The van der Waals surface area contributed by atoms with Gasteiger partial charge in [0.25, 0.3) is 0 Å². The number of aliphatic imine (C=N–C) groups is 1. The second-order valence-electron chi connectivity index (χ2n) is 6.54. The number of anilines is 1. The third kappa shape index (κ3) is 4.19. The van der Waals surface area contributed by atoms with Gasteiger partial charge in [-0.3, -0.25) is 0 Å². The third-order valence-electron chi connectivity index (χ3n) is 4.58. The van der Waals surface area contributed by atoms with Crippen LogP contribution >= 0.6 is 0 Å². The summed E-state index contributed by atoms with van der Waals surface area (Å²) < 4.78 is 5.97. The fraction of sp³-hybridized carbons (Fsp3) is 0.208. The van der Waals surface area contributed by atoms with Gasteiger partial charge in [-0.2, -0.15) is 17.7 Å². The molecule has 3 nitrogen and oxygen atoms in total. The predicted octanol–water partition coefficient (Wildman–Crippen LogP) is 6.77. The number of nitrogens with zero attached hydrogens (tertiary/aromatic N) is 2. The van der Waals surface area contributed by atoms with Gasteiger partial charge in [-0.15, -0.1) is 13.0 Å². The van der Waals surface area contributed by atoms with Crippen LogP contribution in [-0.2, 0) is 0 Å². The molecule has 0 saturated carbocycles. The minimum Gasteiger partial charge on any atom is -0.598 e. The molecule has 3 aromatic rings. The molecule has 0 radical (unpaired) electrons. The van der Waals surface area contributed by atoms with Crippen LogP contribution < -0.4 is 4.90 Å². The largest absolute Gasteiger partial charge is 2.00 e. The van der Waals surface area contributed by atoms with E-state index in [1.165, 1.54) is 11.1 Å². The van der Waals surface area contributed by atoms with Gasteiger partial charge in [-0.05, 0) is 50.3 Å². The summed E-state index contributed by atoms with van der Waals surface area (Å²) in [7, 11) is 0. The Bertz CT molecular complexity index is 1040. The van der Waals surface area contributed by atoms with Gasteiger partial charge in [0.2, 0.25) is 0 Å². The SMILES string of the molecule is C=C(c1c(C)ccc2[c-]c(N=[C-]C)oc12)N(/C=C\C)c1c(C)cccc1C.[U+2]. The summed E-state index contributed by atoms with van der Waals surface area (Å²) in [5.74, 6) is 0.428. The Morgan fingerprint density at radius 1 is 1.14 bits per heavy atom. The Morgan fingerprint density at radius 3 is 2.43 bits per heavy atom. The molecule has 2 aromatic carbocycles. The van der Waals surface area contributed by atoms with Crippen molar-refractivity contribution in [3.8, 4) is 0 Å². The van der Waals surface area contributed by atoms with Gasteiger partial charge in [0.1, 0.15) is 0 Å². The standard InChI is InChI=1S/C24H24N2O.U/c1-7-14-26(23-17(4)10-9-11-18(23)5)19(6)22-16(3)12-13-20-15-21(25-8-2)27-24(20)22;/h7,9-14H,6H2,1-5H3;/q-2;+2/b14-7-;. The summed E-state index contributed by atoms with van der Waals surface area (Å²) in [5, 5.41) is 0.882. The van der Waals surface area contributed by atoms with E-state index in [9.17, 15) is 0 Å². The molecule has 0 N–H and O–H groups in total. The number of fused-ring (bicyclic) bond motifs is 1. The van der Waals surface area contributed by atoms with Crippen LogP contribution in [0.1, 0.15) is 36.1 Å². The Morgan fingerprint density at radius 2 is 1.82 bits per heavy atom. The van der Waals surface area contributed by atoms with Crippen molar-refractivity contribution < 1.29 is 35.5 Å². The molecule has 0 aliphatic heterocycles. The fourth-order valence-corrected chi connectivity index (χ4v) is 3.39. The number of allylic oxidation sites excluding steroid dienone is 1. The zero-order valence-corrected chi connectivity index (χ0v) is 21.2. The Labute approximate surface area is 191 Å². The third-order valence-corrected chi connectivity index (χ3v) is 4.58. The Kier molecular flexibility index (Phi) is 7.52. The van der Waals surface area contributed by atoms with Crippen LogP contribution in [0.25, 0.3) is 16.7 Å². The van der Waals surface area contributed by atoms with Gasteiger partial charge >= 0.3 is 31.1 Å². The molecule has 140 valence electrons. The average Bonchev–Trinajstić information content (AvgIpc) is 3.03. The van der Waals surface area contributed by atoms with E-state index in [0.717, 1.165) is 33.5 Å². The molecule has 4 heteroatoms. The molecule has 0 aliphatic rings. The van der Waals surface area contributed by atoms with Crippen LogP contribution in [0.2, 0.25) is 0 Å². The summed E-state index contributed by atoms with van der Waals surface area (Å²) in [6.07, 6.45) is 6.81. The van der Waals surface area contributed by atoms with Crippen molar-refractivity contribution in [1.29, 1.82) is 0 Å². The maximum Gasteiger partial charge on any atom is 2.00 e. The van der Waals surface area contributed by atoms with Crippen LogP contribution in [0.4, 0.5) is 11.6 Å². The average molecular weight is 594 g/mol. The maximum atomic E-state index is 5.97. The van der Waals surface area contributed by atoms with E-state index >= 15 is 0 Å². The van der Waals surface area contributed by atoms with Crippen LogP contribution in [-0.4, -0.2) is 6.21 Å². The van der Waals surface area contributed by atoms with Gasteiger partial charge in [-0.25, -0.2) is 6.07 Å². The normalized spacial score (nSPS) is 11.3. The van der Waals surface area contributed by atoms with Crippen molar-refractivity contribution in [3.63, 3.8) is 0 Å². The van der Waals surface area contributed by atoms with Crippen LogP contribution in [0.3, 0.4) is 0 Å². The molecule has 1 aromatic heterocycles. The van der Waals surface area contributed by atoms with Crippen LogP contribution in [0.5, 0.6) is 0 Å². The predicted molar refractivity (Wildman–Crippen MR) is 115 cm³/mol. The number of hydrogen-bond acceptors (Lipinski definition) is 3. The molecular weight excluding hydrogens is 570 g/mol. The maximum absolute atomic E-state index is 5.97. The van der Waals surface area contributed by atoms with Crippen molar-refractivity contribution in [2.24, 2.45) is 4.99 Å².